The fourth-order valence-corrected chi connectivity index (χ4v) is 3.90. The summed E-state index contributed by atoms with van der Waals surface area (Å²) in [6.07, 6.45) is 6.39. The first-order chi connectivity index (χ1) is 13.9. The maximum Gasteiger partial charge on any atom is 0.237 e. The molecule has 158 valence electrons. The highest BCUT2D eigenvalue weighted by atomic mass is 19.1. The Morgan fingerprint density at radius 2 is 1.97 bits per heavy atom. The lowest BCUT2D eigenvalue weighted by molar-refractivity contribution is -0.126. The molecule has 1 heterocycles. The number of aryl methyl sites for hydroxylation is 1. The smallest absolute Gasteiger partial charge is 0.237 e. The van der Waals surface area contributed by atoms with Crippen molar-refractivity contribution in [2.24, 2.45) is 5.92 Å². The molecule has 29 heavy (non-hydrogen) atoms. The highest BCUT2D eigenvalue weighted by Gasteiger charge is 2.23. The fourth-order valence-electron chi connectivity index (χ4n) is 3.90. The number of aromatic amines is 1. The molecule has 1 fully saturated rings. The van der Waals surface area contributed by atoms with Crippen molar-refractivity contribution in [1.29, 1.82) is 0 Å². The molecule has 1 aliphatic carbocycles. The summed E-state index contributed by atoms with van der Waals surface area (Å²) in [5, 5.41) is 10.6. The average molecular weight is 401 g/mol. The number of amides is 1. The SMILES string of the molecule is CC1CCC(NC(=O)C(C)N(C)CCCc2cc(-c3ccc(F)cc3)n[nH]2)CC1. The molecule has 1 aromatic carbocycles. The standard InChI is InChI=1S/C23H33FN4O/c1-16-6-12-20(13-7-16)25-23(29)17(2)28(3)14-4-5-21-15-22(27-26-21)18-8-10-19(24)11-9-18/h8-11,15-17,20H,4-7,12-14H2,1-3H3,(H,25,29)(H,26,27). The summed E-state index contributed by atoms with van der Waals surface area (Å²) in [6, 6.07) is 8.56. The number of H-pyrrole nitrogens is 1. The van der Waals surface area contributed by atoms with Crippen LogP contribution in [0.15, 0.2) is 30.3 Å². The van der Waals surface area contributed by atoms with E-state index in [0.717, 1.165) is 55.1 Å². The van der Waals surface area contributed by atoms with Crippen molar-refractivity contribution in [1.82, 2.24) is 20.4 Å². The number of rotatable bonds is 8. The van der Waals surface area contributed by atoms with Gasteiger partial charge < -0.3 is 5.32 Å². The molecule has 2 N–H and O–H groups in total. The van der Waals surface area contributed by atoms with Crippen LogP contribution in [-0.2, 0) is 11.2 Å². The number of likely N-dealkylation sites (N-methyl/N-ethyl adjacent to an activating group) is 1. The maximum atomic E-state index is 13.1. The van der Waals surface area contributed by atoms with E-state index in [-0.39, 0.29) is 17.8 Å². The average Bonchev–Trinajstić information content (AvgIpc) is 3.18. The molecule has 2 aromatic rings. The Morgan fingerprint density at radius 3 is 2.66 bits per heavy atom. The molecule has 3 rings (SSSR count). The third kappa shape index (κ3) is 6.13. The summed E-state index contributed by atoms with van der Waals surface area (Å²) < 4.78 is 13.1. The number of aromatic nitrogens is 2. The molecule has 0 bridgehead atoms. The van der Waals surface area contributed by atoms with Gasteiger partial charge in [-0.15, -0.1) is 0 Å². The van der Waals surface area contributed by atoms with E-state index in [0.29, 0.717) is 6.04 Å². The molecule has 1 aromatic heterocycles. The number of nitrogens with zero attached hydrogens (tertiary/aromatic N) is 2. The van der Waals surface area contributed by atoms with Crippen LogP contribution < -0.4 is 5.32 Å². The van der Waals surface area contributed by atoms with Crippen molar-refractivity contribution in [2.75, 3.05) is 13.6 Å². The van der Waals surface area contributed by atoms with E-state index < -0.39 is 0 Å². The topological polar surface area (TPSA) is 61.0 Å². The lowest BCUT2D eigenvalue weighted by Gasteiger charge is -2.30. The van der Waals surface area contributed by atoms with Gasteiger partial charge in [0.1, 0.15) is 5.82 Å². The van der Waals surface area contributed by atoms with Crippen LogP contribution in [-0.4, -0.2) is 46.7 Å². The molecule has 1 unspecified atom stereocenters. The Bertz CT molecular complexity index is 780. The van der Waals surface area contributed by atoms with Crippen LogP contribution in [0.1, 0.15) is 51.6 Å². The largest absolute Gasteiger partial charge is 0.352 e. The Balaban J connectivity index is 1.41. The summed E-state index contributed by atoms with van der Waals surface area (Å²) in [5.41, 5.74) is 2.77. The molecule has 0 aliphatic heterocycles. The summed E-state index contributed by atoms with van der Waals surface area (Å²) in [6.45, 7) is 5.10. The van der Waals surface area contributed by atoms with Crippen LogP contribution in [0.4, 0.5) is 4.39 Å². The molecule has 0 saturated heterocycles. The van der Waals surface area contributed by atoms with E-state index >= 15 is 0 Å². The zero-order valence-corrected chi connectivity index (χ0v) is 17.7. The van der Waals surface area contributed by atoms with E-state index in [9.17, 15) is 9.18 Å². The molecule has 5 nitrogen and oxygen atoms in total. The third-order valence-corrected chi connectivity index (χ3v) is 6.13. The van der Waals surface area contributed by atoms with Crippen LogP contribution in [0.25, 0.3) is 11.3 Å². The molecule has 0 radical (unpaired) electrons. The van der Waals surface area contributed by atoms with Gasteiger partial charge >= 0.3 is 0 Å². The molecular weight excluding hydrogens is 367 g/mol. The number of hydrogen-bond donors (Lipinski definition) is 2. The number of nitrogens with one attached hydrogen (secondary N) is 2. The Morgan fingerprint density at radius 1 is 1.28 bits per heavy atom. The normalized spacial score (nSPS) is 20.6. The van der Waals surface area contributed by atoms with Crippen molar-refractivity contribution in [2.45, 2.75) is 64.5 Å². The highest BCUT2D eigenvalue weighted by molar-refractivity contribution is 5.81. The van der Waals surface area contributed by atoms with E-state index in [1.165, 1.54) is 25.0 Å². The minimum atomic E-state index is -0.247. The van der Waals surface area contributed by atoms with Gasteiger partial charge in [0.05, 0.1) is 11.7 Å². The number of hydrogen-bond acceptors (Lipinski definition) is 3. The first-order valence-corrected chi connectivity index (χ1v) is 10.7. The zero-order chi connectivity index (χ0) is 20.8. The summed E-state index contributed by atoms with van der Waals surface area (Å²) in [5.74, 6) is 0.672. The van der Waals surface area contributed by atoms with Crippen LogP contribution in [0, 0.1) is 11.7 Å². The summed E-state index contributed by atoms with van der Waals surface area (Å²) >= 11 is 0. The second-order valence-electron chi connectivity index (χ2n) is 8.51. The summed E-state index contributed by atoms with van der Waals surface area (Å²) in [7, 11) is 2.00. The van der Waals surface area contributed by atoms with Gasteiger partial charge in [-0.3, -0.25) is 14.8 Å². The molecule has 1 saturated carbocycles. The molecule has 0 spiro atoms. The van der Waals surface area contributed by atoms with E-state index in [1.807, 2.05) is 20.0 Å². The van der Waals surface area contributed by atoms with Gasteiger partial charge in [-0.2, -0.15) is 5.10 Å². The third-order valence-electron chi connectivity index (χ3n) is 6.13. The van der Waals surface area contributed by atoms with Crippen molar-refractivity contribution in [3.05, 3.63) is 41.8 Å². The van der Waals surface area contributed by atoms with Crippen LogP contribution in [0.2, 0.25) is 0 Å². The molecular formula is C23H33FN4O. The maximum absolute atomic E-state index is 13.1. The van der Waals surface area contributed by atoms with Crippen molar-refractivity contribution < 1.29 is 9.18 Å². The van der Waals surface area contributed by atoms with Crippen molar-refractivity contribution in [3.63, 3.8) is 0 Å². The van der Waals surface area contributed by atoms with Gasteiger partial charge in [0.2, 0.25) is 5.91 Å². The predicted octanol–water partition coefficient (Wildman–Crippen LogP) is 4.16. The lowest BCUT2D eigenvalue weighted by Crippen LogP contribution is -2.48. The van der Waals surface area contributed by atoms with Crippen molar-refractivity contribution in [3.8, 4) is 11.3 Å². The quantitative estimate of drug-likeness (QED) is 0.699. The van der Waals surface area contributed by atoms with E-state index in [4.69, 9.17) is 0 Å². The fraction of sp³-hybridized carbons (Fsp3) is 0.565. The van der Waals surface area contributed by atoms with Gasteiger partial charge in [0.25, 0.3) is 0 Å². The molecule has 6 heteroatoms. The molecule has 1 atom stereocenters. The second kappa shape index (κ2) is 10.0. The van der Waals surface area contributed by atoms with E-state index in [1.54, 1.807) is 12.1 Å². The van der Waals surface area contributed by atoms with Gasteiger partial charge in [-0.1, -0.05) is 6.92 Å². The first-order valence-electron chi connectivity index (χ1n) is 10.7. The molecule has 1 amide bonds. The second-order valence-corrected chi connectivity index (χ2v) is 8.51. The van der Waals surface area contributed by atoms with E-state index in [2.05, 4.69) is 27.3 Å². The van der Waals surface area contributed by atoms with Gasteiger partial charge in [0, 0.05) is 17.3 Å². The monoisotopic (exact) mass is 400 g/mol. The van der Waals surface area contributed by atoms with Crippen LogP contribution >= 0.6 is 0 Å². The number of carbonyl (C=O) groups is 1. The minimum Gasteiger partial charge on any atom is -0.352 e. The van der Waals surface area contributed by atoms with Gasteiger partial charge in [-0.05, 0) is 95.3 Å². The Hall–Kier alpha value is -2.21. The lowest BCUT2D eigenvalue weighted by atomic mass is 9.87. The number of carbonyl (C=O) groups excluding carboxylic acids is 1. The van der Waals surface area contributed by atoms with Gasteiger partial charge in [0.15, 0.2) is 0 Å². The molecule has 1 aliphatic rings. The predicted molar refractivity (Wildman–Crippen MR) is 114 cm³/mol. The summed E-state index contributed by atoms with van der Waals surface area (Å²) in [4.78, 5) is 14.7. The zero-order valence-electron chi connectivity index (χ0n) is 17.7. The minimum absolute atomic E-state index is 0.132. The van der Waals surface area contributed by atoms with Gasteiger partial charge in [-0.25, -0.2) is 4.39 Å². The Labute approximate surface area is 173 Å². The van der Waals surface area contributed by atoms with Crippen molar-refractivity contribution >= 4 is 5.91 Å². The number of benzene rings is 1. The number of halogens is 1. The highest BCUT2D eigenvalue weighted by Crippen LogP contribution is 2.23. The first kappa shape index (κ1) is 21.5. The van der Waals surface area contributed by atoms with Crippen LogP contribution in [0.5, 0.6) is 0 Å². The Kier molecular flexibility index (Phi) is 7.42. The van der Waals surface area contributed by atoms with Crippen LogP contribution in [0.3, 0.4) is 0 Å².